The van der Waals surface area contributed by atoms with Crippen LogP contribution in [0.2, 0.25) is 0 Å². The average molecular weight is 478 g/mol. The monoisotopic (exact) mass is 476 g/mol. The Hall–Kier alpha value is 0.140. The average Bonchev–Trinajstić information content (AvgIpc) is 3.21. The minimum Gasteiger partial charge on any atom is -0.481 e. The zero-order valence-corrected chi connectivity index (χ0v) is 19.4. The third-order valence-electron chi connectivity index (χ3n) is 6.20. The van der Waals surface area contributed by atoms with Crippen molar-refractivity contribution in [1.82, 2.24) is 0 Å². The summed E-state index contributed by atoms with van der Waals surface area (Å²) in [5, 5.41) is 19.8. The predicted molar refractivity (Wildman–Crippen MR) is 122 cm³/mol. The van der Waals surface area contributed by atoms with Crippen molar-refractivity contribution in [3.63, 3.8) is 0 Å². The van der Waals surface area contributed by atoms with Gasteiger partial charge < -0.3 is 21.7 Å². The van der Waals surface area contributed by atoms with E-state index in [0.717, 1.165) is 25.7 Å². The van der Waals surface area contributed by atoms with E-state index in [9.17, 15) is 19.8 Å². The third kappa shape index (κ3) is 5.85. The smallest absolute Gasteiger partial charge is 0.310 e. The van der Waals surface area contributed by atoms with Crippen molar-refractivity contribution in [3.8, 4) is 0 Å². The van der Waals surface area contributed by atoms with Crippen LogP contribution < -0.4 is 11.5 Å². The second kappa shape index (κ2) is 12.7. The van der Waals surface area contributed by atoms with E-state index in [1.165, 1.54) is 0 Å². The first kappa shape index (κ1) is 28.1. The summed E-state index contributed by atoms with van der Waals surface area (Å²) in [6, 6.07) is 0. The van der Waals surface area contributed by atoms with Gasteiger partial charge in [0.05, 0.1) is 10.8 Å². The third-order valence-corrected chi connectivity index (χ3v) is 9.88. The van der Waals surface area contributed by atoms with E-state index >= 15 is 0 Å². The molecular weight excluding hydrogens is 443 g/mol. The molecule has 6 nitrogen and oxygen atoms in total. The Morgan fingerprint density at radius 3 is 1.46 bits per heavy atom. The molecule has 0 aliphatic heterocycles. The number of rotatable bonds is 11. The molecule has 0 aromatic carbocycles. The van der Waals surface area contributed by atoms with Gasteiger partial charge in [0.15, 0.2) is 0 Å². The maximum Gasteiger partial charge on any atom is 0.310 e. The zero-order chi connectivity index (χ0) is 19.2. The molecule has 2 fully saturated rings. The first-order valence-electron chi connectivity index (χ1n) is 9.62. The van der Waals surface area contributed by atoms with Gasteiger partial charge in [0, 0.05) is 10.5 Å². The lowest BCUT2D eigenvalue weighted by atomic mass is 9.81. The van der Waals surface area contributed by atoms with Crippen LogP contribution in [0.5, 0.6) is 0 Å². The number of carboxylic acid groups (broad SMARTS) is 2. The normalized spacial score (nSPS) is 31.8. The summed E-state index contributed by atoms with van der Waals surface area (Å²) >= 11 is 0. The molecule has 0 bridgehead atoms. The largest absolute Gasteiger partial charge is 0.481 e. The van der Waals surface area contributed by atoms with Crippen molar-refractivity contribution >= 4 is 58.3 Å². The Kier molecular flexibility index (Phi) is 12.8. The van der Waals surface area contributed by atoms with Crippen molar-refractivity contribution in [2.45, 2.75) is 74.7 Å². The number of carbonyl (C=O) groups is 2. The molecule has 2 aliphatic carbocycles. The molecule has 2 aliphatic rings. The van der Waals surface area contributed by atoms with Crippen molar-refractivity contribution in [1.29, 1.82) is 0 Å². The molecule has 2 rings (SSSR count). The van der Waals surface area contributed by atoms with Gasteiger partial charge in [-0.3, -0.25) is 9.59 Å². The molecule has 0 heterocycles. The minimum absolute atomic E-state index is 0. The Morgan fingerprint density at radius 2 is 1.18 bits per heavy atom. The fourth-order valence-corrected chi connectivity index (χ4v) is 8.93. The van der Waals surface area contributed by atoms with Gasteiger partial charge in [-0.15, -0.1) is 24.8 Å². The molecule has 10 heteroatoms. The Balaban J connectivity index is 0.00000364. The highest BCUT2D eigenvalue weighted by atomic mass is 35.5. The first-order chi connectivity index (χ1) is 12.4. The van der Waals surface area contributed by atoms with E-state index in [0.29, 0.717) is 51.6 Å². The SMILES string of the molecule is Cl.Cl.NCCC[C@@]1(C(=O)O)CCC[C@@H]1SS[C@H]1CCC[C@@]1(CCCN)C(=O)O. The topological polar surface area (TPSA) is 127 Å². The summed E-state index contributed by atoms with van der Waals surface area (Å²) < 4.78 is 0. The Bertz CT molecular complexity index is 474. The van der Waals surface area contributed by atoms with E-state index in [-0.39, 0.29) is 35.3 Å². The summed E-state index contributed by atoms with van der Waals surface area (Å²) in [5.41, 5.74) is 9.82. The molecule has 28 heavy (non-hydrogen) atoms. The molecule has 0 aromatic heterocycles. The molecule has 0 unspecified atom stereocenters. The number of aliphatic carboxylic acids is 2. The molecule has 6 N–H and O–H groups in total. The van der Waals surface area contributed by atoms with E-state index in [1.54, 1.807) is 21.6 Å². The summed E-state index contributed by atoms with van der Waals surface area (Å²) in [6.45, 7) is 1.01. The molecule has 0 amide bonds. The quantitative estimate of drug-likeness (QED) is 0.330. The van der Waals surface area contributed by atoms with Crippen LogP contribution in [0, 0.1) is 10.8 Å². The van der Waals surface area contributed by atoms with Gasteiger partial charge in [0.1, 0.15) is 0 Å². The molecule has 4 atom stereocenters. The molecule has 166 valence electrons. The van der Waals surface area contributed by atoms with Gasteiger partial charge >= 0.3 is 11.9 Å². The maximum absolute atomic E-state index is 12.0. The second-order valence-corrected chi connectivity index (χ2v) is 10.3. The van der Waals surface area contributed by atoms with E-state index in [2.05, 4.69) is 0 Å². The fraction of sp³-hybridized carbons (Fsp3) is 0.889. The van der Waals surface area contributed by atoms with Crippen LogP contribution in [-0.4, -0.2) is 45.7 Å². The number of carboxylic acids is 2. The van der Waals surface area contributed by atoms with Crippen molar-refractivity contribution in [2.75, 3.05) is 13.1 Å². The first-order valence-corrected chi connectivity index (χ1v) is 11.9. The molecule has 2 saturated carbocycles. The summed E-state index contributed by atoms with van der Waals surface area (Å²) in [4.78, 5) is 24.1. The fourth-order valence-electron chi connectivity index (χ4n) is 4.61. The lowest BCUT2D eigenvalue weighted by Gasteiger charge is -2.34. The van der Waals surface area contributed by atoms with E-state index in [1.807, 2.05) is 0 Å². The van der Waals surface area contributed by atoms with Crippen LogP contribution in [0.3, 0.4) is 0 Å². The van der Waals surface area contributed by atoms with Crippen molar-refractivity contribution in [2.24, 2.45) is 22.3 Å². The molecular formula is C18H34Cl2N2O4S2. The highest BCUT2D eigenvalue weighted by Gasteiger charge is 2.52. The zero-order valence-electron chi connectivity index (χ0n) is 16.1. The van der Waals surface area contributed by atoms with Crippen molar-refractivity contribution < 1.29 is 19.8 Å². The van der Waals surface area contributed by atoms with Gasteiger partial charge in [0.25, 0.3) is 0 Å². The summed E-state index contributed by atoms with van der Waals surface area (Å²) in [6.07, 6.45) is 7.63. The second-order valence-electron chi connectivity index (χ2n) is 7.66. The molecule has 0 radical (unpaired) electrons. The van der Waals surface area contributed by atoms with E-state index in [4.69, 9.17) is 11.5 Å². The van der Waals surface area contributed by atoms with Gasteiger partial charge in [-0.1, -0.05) is 34.4 Å². The van der Waals surface area contributed by atoms with Crippen LogP contribution in [-0.2, 0) is 9.59 Å². The molecule has 0 spiro atoms. The molecule has 0 saturated heterocycles. The van der Waals surface area contributed by atoms with Crippen LogP contribution in [0.1, 0.15) is 64.2 Å². The Labute approximate surface area is 187 Å². The van der Waals surface area contributed by atoms with Crippen LogP contribution >= 0.6 is 46.4 Å². The summed E-state index contributed by atoms with van der Waals surface area (Å²) in [7, 11) is 3.24. The maximum atomic E-state index is 12.0. The molecule has 0 aromatic rings. The standard InChI is InChI=1S/C18H32N2O4S2.2ClH/c19-11-3-9-17(15(21)22)7-1-5-13(17)25-26-14-6-2-8-18(14,16(23)24)10-4-12-20;;/h13-14H,1-12,19-20H2,(H,21,22)(H,23,24);2*1H/t13-,14-,17-,18-;;/m0../s1. The number of nitrogens with two attached hydrogens (primary N) is 2. The highest BCUT2D eigenvalue weighted by molar-refractivity contribution is 8.77. The van der Waals surface area contributed by atoms with Crippen LogP contribution in [0.25, 0.3) is 0 Å². The lowest BCUT2D eigenvalue weighted by molar-refractivity contribution is -0.149. The highest BCUT2D eigenvalue weighted by Crippen LogP contribution is 2.57. The predicted octanol–water partition coefficient (Wildman–Crippen LogP) is 3.94. The minimum atomic E-state index is -0.722. The number of hydrogen-bond donors (Lipinski definition) is 4. The Morgan fingerprint density at radius 1 is 0.821 bits per heavy atom. The van der Waals surface area contributed by atoms with Crippen LogP contribution in [0.15, 0.2) is 0 Å². The number of hydrogen-bond acceptors (Lipinski definition) is 6. The van der Waals surface area contributed by atoms with Gasteiger partial charge in [0.2, 0.25) is 0 Å². The lowest BCUT2D eigenvalue weighted by Crippen LogP contribution is -2.38. The van der Waals surface area contributed by atoms with E-state index < -0.39 is 22.8 Å². The van der Waals surface area contributed by atoms with Gasteiger partial charge in [-0.2, -0.15) is 0 Å². The van der Waals surface area contributed by atoms with Crippen molar-refractivity contribution in [3.05, 3.63) is 0 Å². The van der Waals surface area contributed by atoms with Gasteiger partial charge in [-0.25, -0.2) is 0 Å². The summed E-state index contributed by atoms with van der Waals surface area (Å²) in [5.74, 6) is -1.44. The number of halogens is 2. The van der Waals surface area contributed by atoms with Gasteiger partial charge in [-0.05, 0) is 64.5 Å². The van der Waals surface area contributed by atoms with Crippen LogP contribution in [0.4, 0.5) is 0 Å².